The summed E-state index contributed by atoms with van der Waals surface area (Å²) in [5, 5.41) is 7.60. The highest BCUT2D eigenvalue weighted by Crippen LogP contribution is 2.18. The molecule has 1 heterocycles. The van der Waals surface area contributed by atoms with E-state index in [2.05, 4.69) is 29.0 Å². The third-order valence-corrected chi connectivity index (χ3v) is 4.59. The van der Waals surface area contributed by atoms with Crippen molar-refractivity contribution in [2.75, 3.05) is 13.1 Å². The Kier molecular flexibility index (Phi) is 5.51. The molecule has 0 aliphatic heterocycles. The first-order valence-corrected chi connectivity index (χ1v) is 8.05. The quantitative estimate of drug-likeness (QED) is 0.778. The molecule has 6 nitrogen and oxygen atoms in total. The summed E-state index contributed by atoms with van der Waals surface area (Å²) < 4.78 is 28.4. The largest absolute Gasteiger partial charge is 0.313 e. The lowest BCUT2D eigenvalue weighted by molar-refractivity contribution is 0.506. The highest BCUT2D eigenvalue weighted by molar-refractivity contribution is 7.89. The van der Waals surface area contributed by atoms with Crippen LogP contribution in [0.4, 0.5) is 0 Å². The number of nitrogens with zero attached hydrogens (tertiary/aromatic N) is 2. The predicted octanol–water partition coefficient (Wildman–Crippen LogP) is 0.796. The van der Waals surface area contributed by atoms with Crippen molar-refractivity contribution in [3.05, 3.63) is 11.4 Å². The summed E-state index contributed by atoms with van der Waals surface area (Å²) in [4.78, 5) is 0.305. The summed E-state index contributed by atoms with van der Waals surface area (Å²) in [5.41, 5.74) is 1.23. The van der Waals surface area contributed by atoms with Crippen LogP contribution in [-0.4, -0.2) is 37.3 Å². The van der Waals surface area contributed by atoms with Gasteiger partial charge in [-0.25, -0.2) is 13.1 Å². The highest BCUT2D eigenvalue weighted by atomic mass is 32.2. The van der Waals surface area contributed by atoms with Gasteiger partial charge in [-0.3, -0.25) is 4.68 Å². The standard InChI is InChI=1S/C12H24N4O2S/c1-6-14-19(17,18)12-10(4)15-16(11(12)5)8-7-13-9(2)3/h9,13-14H,6-8H2,1-5H3. The Hall–Kier alpha value is -0.920. The van der Waals surface area contributed by atoms with Gasteiger partial charge in [0, 0.05) is 19.1 Å². The number of nitrogens with one attached hydrogen (secondary N) is 2. The molecule has 2 N–H and O–H groups in total. The fraction of sp³-hybridized carbons (Fsp3) is 0.750. The topological polar surface area (TPSA) is 76.0 Å². The highest BCUT2D eigenvalue weighted by Gasteiger charge is 2.23. The van der Waals surface area contributed by atoms with E-state index in [1.165, 1.54) is 0 Å². The fourth-order valence-corrected chi connectivity index (χ4v) is 3.46. The molecule has 1 rings (SSSR count). The van der Waals surface area contributed by atoms with E-state index in [1.807, 2.05) is 0 Å². The lowest BCUT2D eigenvalue weighted by atomic mass is 10.4. The molecule has 0 spiro atoms. The number of rotatable bonds is 7. The van der Waals surface area contributed by atoms with E-state index < -0.39 is 10.0 Å². The van der Waals surface area contributed by atoms with E-state index in [0.717, 1.165) is 6.54 Å². The normalized spacial score (nSPS) is 12.3. The van der Waals surface area contributed by atoms with Crippen molar-refractivity contribution in [1.82, 2.24) is 19.8 Å². The van der Waals surface area contributed by atoms with Gasteiger partial charge in [-0.1, -0.05) is 20.8 Å². The molecule has 0 aliphatic rings. The minimum Gasteiger partial charge on any atom is -0.313 e. The van der Waals surface area contributed by atoms with Crippen molar-refractivity contribution < 1.29 is 8.42 Å². The monoisotopic (exact) mass is 288 g/mol. The second-order valence-corrected chi connectivity index (χ2v) is 6.54. The van der Waals surface area contributed by atoms with Crippen LogP contribution in [0.3, 0.4) is 0 Å². The first-order valence-electron chi connectivity index (χ1n) is 6.56. The zero-order valence-electron chi connectivity index (χ0n) is 12.3. The molecule has 110 valence electrons. The van der Waals surface area contributed by atoms with Gasteiger partial charge in [0.25, 0.3) is 0 Å². The maximum Gasteiger partial charge on any atom is 0.244 e. The molecule has 1 aromatic heterocycles. The third kappa shape index (κ3) is 4.02. The molecule has 0 atom stereocenters. The maximum absolute atomic E-state index is 12.1. The molecule has 1 aromatic rings. The Morgan fingerprint density at radius 1 is 1.32 bits per heavy atom. The van der Waals surface area contributed by atoms with E-state index in [-0.39, 0.29) is 0 Å². The Bertz CT molecular complexity index is 520. The Balaban J connectivity index is 2.95. The van der Waals surface area contributed by atoms with Gasteiger partial charge in [0.05, 0.1) is 17.9 Å². The molecular formula is C12H24N4O2S. The summed E-state index contributed by atoms with van der Waals surface area (Å²) in [6.45, 7) is 11.2. The number of hydrogen-bond acceptors (Lipinski definition) is 4. The number of aryl methyl sites for hydroxylation is 1. The second-order valence-electron chi connectivity index (χ2n) is 4.83. The van der Waals surface area contributed by atoms with Gasteiger partial charge in [0.1, 0.15) is 4.90 Å². The summed E-state index contributed by atoms with van der Waals surface area (Å²) in [5.74, 6) is 0. The van der Waals surface area contributed by atoms with Gasteiger partial charge >= 0.3 is 0 Å². The van der Waals surface area contributed by atoms with E-state index in [9.17, 15) is 8.42 Å². The van der Waals surface area contributed by atoms with Crippen molar-refractivity contribution in [1.29, 1.82) is 0 Å². The average molecular weight is 288 g/mol. The fourth-order valence-electron chi connectivity index (χ4n) is 2.01. The SMILES string of the molecule is CCNS(=O)(=O)c1c(C)nn(CCNC(C)C)c1C. The van der Waals surface area contributed by atoms with Crippen molar-refractivity contribution in [2.45, 2.75) is 52.1 Å². The number of hydrogen-bond donors (Lipinski definition) is 2. The first-order chi connectivity index (χ1) is 8.79. The average Bonchev–Trinajstić information content (AvgIpc) is 2.53. The zero-order valence-corrected chi connectivity index (χ0v) is 13.1. The van der Waals surface area contributed by atoms with Crippen LogP contribution in [0.5, 0.6) is 0 Å². The van der Waals surface area contributed by atoms with Gasteiger partial charge < -0.3 is 5.32 Å². The molecule has 0 unspecified atom stereocenters. The van der Waals surface area contributed by atoms with Gasteiger partial charge in [-0.05, 0) is 13.8 Å². The Morgan fingerprint density at radius 2 is 1.95 bits per heavy atom. The first kappa shape index (κ1) is 16.1. The van der Waals surface area contributed by atoms with Crippen molar-refractivity contribution in [3.63, 3.8) is 0 Å². The second kappa shape index (κ2) is 6.49. The maximum atomic E-state index is 12.1. The lowest BCUT2D eigenvalue weighted by Gasteiger charge is -2.09. The van der Waals surface area contributed by atoms with Crippen molar-refractivity contribution in [3.8, 4) is 0 Å². The van der Waals surface area contributed by atoms with Gasteiger partial charge in [0.2, 0.25) is 10.0 Å². The van der Waals surface area contributed by atoms with Crippen LogP contribution in [0.25, 0.3) is 0 Å². The van der Waals surface area contributed by atoms with E-state index in [4.69, 9.17) is 0 Å². The molecule has 0 saturated heterocycles. The smallest absolute Gasteiger partial charge is 0.244 e. The molecule has 0 fully saturated rings. The van der Waals surface area contributed by atoms with Crippen LogP contribution in [0, 0.1) is 13.8 Å². The lowest BCUT2D eigenvalue weighted by Crippen LogP contribution is -2.27. The van der Waals surface area contributed by atoms with Gasteiger partial charge in [-0.2, -0.15) is 5.10 Å². The number of aromatic nitrogens is 2. The van der Waals surface area contributed by atoms with Crippen LogP contribution in [-0.2, 0) is 16.6 Å². The molecular weight excluding hydrogens is 264 g/mol. The summed E-state index contributed by atoms with van der Waals surface area (Å²) >= 11 is 0. The Labute approximate surface area is 115 Å². The number of sulfonamides is 1. The molecule has 0 bridgehead atoms. The van der Waals surface area contributed by atoms with Crippen LogP contribution < -0.4 is 10.0 Å². The minimum atomic E-state index is -3.45. The predicted molar refractivity (Wildman–Crippen MR) is 75.7 cm³/mol. The van der Waals surface area contributed by atoms with E-state index >= 15 is 0 Å². The van der Waals surface area contributed by atoms with E-state index in [0.29, 0.717) is 35.4 Å². The summed E-state index contributed by atoms with van der Waals surface area (Å²) in [7, 11) is -3.45. The zero-order chi connectivity index (χ0) is 14.6. The van der Waals surface area contributed by atoms with Crippen molar-refractivity contribution in [2.24, 2.45) is 0 Å². The van der Waals surface area contributed by atoms with Crippen LogP contribution in [0.1, 0.15) is 32.2 Å². The molecule has 0 aromatic carbocycles. The molecule has 19 heavy (non-hydrogen) atoms. The third-order valence-electron chi connectivity index (χ3n) is 2.79. The molecule has 7 heteroatoms. The van der Waals surface area contributed by atoms with Crippen LogP contribution in [0.15, 0.2) is 4.90 Å². The van der Waals surface area contributed by atoms with Crippen LogP contribution in [0.2, 0.25) is 0 Å². The summed E-state index contributed by atoms with van der Waals surface area (Å²) in [6.07, 6.45) is 0. The van der Waals surface area contributed by atoms with E-state index in [1.54, 1.807) is 25.5 Å². The van der Waals surface area contributed by atoms with Crippen LogP contribution >= 0.6 is 0 Å². The van der Waals surface area contributed by atoms with Gasteiger partial charge in [0.15, 0.2) is 0 Å². The van der Waals surface area contributed by atoms with Crippen molar-refractivity contribution >= 4 is 10.0 Å². The Morgan fingerprint density at radius 3 is 2.47 bits per heavy atom. The molecule has 0 amide bonds. The molecule has 0 saturated carbocycles. The summed E-state index contributed by atoms with van der Waals surface area (Å²) in [6, 6.07) is 0.405. The molecule has 0 radical (unpaired) electrons. The molecule has 0 aliphatic carbocycles. The minimum absolute atomic E-state index is 0.305. The van der Waals surface area contributed by atoms with Gasteiger partial charge in [-0.15, -0.1) is 0 Å².